The van der Waals surface area contributed by atoms with Gasteiger partial charge in [0.25, 0.3) is 0 Å². The number of amides is 1. The molecule has 1 amide bonds. The van der Waals surface area contributed by atoms with E-state index in [9.17, 15) is 9.90 Å². The van der Waals surface area contributed by atoms with Crippen molar-refractivity contribution in [2.75, 3.05) is 6.54 Å². The molecule has 0 bridgehead atoms. The highest BCUT2D eigenvalue weighted by atomic mass is 32.2. The van der Waals surface area contributed by atoms with Crippen molar-refractivity contribution in [1.82, 2.24) is 5.32 Å². The molecular weight excluding hydrogens is 286 g/mol. The molecule has 1 aromatic carbocycles. The Morgan fingerprint density at radius 2 is 2.05 bits per heavy atom. The number of carbonyl (C=O) groups excluding carboxylic acids is 1. The highest BCUT2D eigenvalue weighted by Gasteiger charge is 2.19. The minimum Gasteiger partial charge on any atom is -0.467 e. The van der Waals surface area contributed by atoms with Crippen LogP contribution in [-0.2, 0) is 4.79 Å². The normalized spacial score (nSPS) is 13.6. The van der Waals surface area contributed by atoms with Crippen LogP contribution in [0, 0.1) is 0 Å². The van der Waals surface area contributed by atoms with Gasteiger partial charge in [0, 0.05) is 4.90 Å². The van der Waals surface area contributed by atoms with Crippen LogP contribution in [0.2, 0.25) is 0 Å². The summed E-state index contributed by atoms with van der Waals surface area (Å²) >= 11 is 1.53. The van der Waals surface area contributed by atoms with Gasteiger partial charge in [-0.05, 0) is 30.7 Å². The summed E-state index contributed by atoms with van der Waals surface area (Å²) in [4.78, 5) is 13.2. The van der Waals surface area contributed by atoms with Gasteiger partial charge in [-0.15, -0.1) is 11.8 Å². The third-order valence-electron chi connectivity index (χ3n) is 3.03. The van der Waals surface area contributed by atoms with E-state index in [2.05, 4.69) is 5.32 Å². The standard InChI is InChI=1S/C16H19NO3S/c1-2-15(21-12-7-4-3-5-8-12)16(19)17-11-13(18)14-9-6-10-20-14/h3-10,13,15,18H,2,11H2,1H3,(H,17,19). The zero-order valence-corrected chi connectivity index (χ0v) is 12.7. The highest BCUT2D eigenvalue weighted by Crippen LogP contribution is 2.25. The van der Waals surface area contributed by atoms with Gasteiger partial charge in [-0.25, -0.2) is 0 Å². The summed E-state index contributed by atoms with van der Waals surface area (Å²) < 4.78 is 5.10. The van der Waals surface area contributed by atoms with E-state index in [0.29, 0.717) is 5.76 Å². The van der Waals surface area contributed by atoms with E-state index in [1.165, 1.54) is 18.0 Å². The fourth-order valence-corrected chi connectivity index (χ4v) is 2.88. The molecule has 112 valence electrons. The molecule has 1 aromatic heterocycles. The molecule has 0 aliphatic heterocycles. The summed E-state index contributed by atoms with van der Waals surface area (Å²) in [5.41, 5.74) is 0. The Bertz CT molecular complexity index is 542. The molecule has 2 aromatic rings. The number of rotatable bonds is 7. The minimum atomic E-state index is -0.816. The fourth-order valence-electron chi connectivity index (χ4n) is 1.88. The topological polar surface area (TPSA) is 62.5 Å². The van der Waals surface area contributed by atoms with E-state index >= 15 is 0 Å². The number of hydrogen-bond donors (Lipinski definition) is 2. The first-order valence-electron chi connectivity index (χ1n) is 6.91. The number of thioether (sulfide) groups is 1. The molecule has 0 aliphatic rings. The second kappa shape index (κ2) is 7.90. The summed E-state index contributed by atoms with van der Waals surface area (Å²) in [6.45, 7) is 2.13. The number of aliphatic hydroxyl groups is 1. The van der Waals surface area contributed by atoms with E-state index in [1.54, 1.807) is 12.1 Å². The van der Waals surface area contributed by atoms with Gasteiger partial charge in [-0.2, -0.15) is 0 Å². The first-order valence-corrected chi connectivity index (χ1v) is 7.79. The van der Waals surface area contributed by atoms with Gasteiger partial charge in [0.1, 0.15) is 11.9 Å². The second-order valence-corrected chi connectivity index (χ2v) is 5.88. The van der Waals surface area contributed by atoms with Gasteiger partial charge < -0.3 is 14.8 Å². The zero-order chi connectivity index (χ0) is 15.1. The molecule has 4 nitrogen and oxygen atoms in total. The van der Waals surface area contributed by atoms with E-state index in [1.807, 2.05) is 37.3 Å². The quantitative estimate of drug-likeness (QED) is 0.772. The summed E-state index contributed by atoms with van der Waals surface area (Å²) in [6.07, 6.45) is 1.41. The maximum absolute atomic E-state index is 12.2. The van der Waals surface area contributed by atoms with Crippen LogP contribution in [0.5, 0.6) is 0 Å². The van der Waals surface area contributed by atoms with E-state index in [-0.39, 0.29) is 17.7 Å². The lowest BCUT2D eigenvalue weighted by molar-refractivity contribution is -0.121. The third-order valence-corrected chi connectivity index (χ3v) is 4.40. The Labute approximate surface area is 128 Å². The molecule has 5 heteroatoms. The van der Waals surface area contributed by atoms with Crippen molar-refractivity contribution in [3.63, 3.8) is 0 Å². The van der Waals surface area contributed by atoms with Crippen LogP contribution < -0.4 is 5.32 Å². The predicted octanol–water partition coefficient (Wildman–Crippen LogP) is 3.00. The van der Waals surface area contributed by atoms with Crippen LogP contribution in [-0.4, -0.2) is 22.8 Å². The summed E-state index contributed by atoms with van der Waals surface area (Å²) in [7, 11) is 0. The zero-order valence-electron chi connectivity index (χ0n) is 11.9. The van der Waals surface area contributed by atoms with Gasteiger partial charge in [0.15, 0.2) is 0 Å². The largest absolute Gasteiger partial charge is 0.467 e. The van der Waals surface area contributed by atoms with E-state index in [4.69, 9.17) is 4.42 Å². The van der Waals surface area contributed by atoms with Crippen molar-refractivity contribution < 1.29 is 14.3 Å². The average molecular weight is 305 g/mol. The van der Waals surface area contributed by atoms with Gasteiger partial charge in [0.2, 0.25) is 5.91 Å². The molecule has 21 heavy (non-hydrogen) atoms. The van der Waals surface area contributed by atoms with Crippen LogP contribution in [0.4, 0.5) is 0 Å². The molecule has 0 radical (unpaired) electrons. The highest BCUT2D eigenvalue weighted by molar-refractivity contribution is 8.00. The second-order valence-electron chi connectivity index (χ2n) is 4.60. The first-order chi connectivity index (χ1) is 10.2. The molecule has 2 N–H and O–H groups in total. The fraction of sp³-hybridized carbons (Fsp3) is 0.312. The summed E-state index contributed by atoms with van der Waals surface area (Å²) in [6, 6.07) is 13.2. The molecule has 2 rings (SSSR count). The van der Waals surface area contributed by atoms with Crippen molar-refractivity contribution >= 4 is 17.7 Å². The monoisotopic (exact) mass is 305 g/mol. The molecule has 0 aliphatic carbocycles. The average Bonchev–Trinajstić information content (AvgIpc) is 3.05. The Kier molecular flexibility index (Phi) is 5.90. The van der Waals surface area contributed by atoms with Gasteiger partial charge in [-0.1, -0.05) is 25.1 Å². The summed E-state index contributed by atoms with van der Waals surface area (Å²) in [5, 5.41) is 12.5. The minimum absolute atomic E-state index is 0.0723. The summed E-state index contributed by atoms with van der Waals surface area (Å²) in [5.74, 6) is 0.385. The van der Waals surface area contributed by atoms with Crippen LogP contribution in [0.1, 0.15) is 25.2 Å². The van der Waals surface area contributed by atoms with Gasteiger partial charge in [0.05, 0.1) is 18.1 Å². The lowest BCUT2D eigenvalue weighted by Gasteiger charge is -2.16. The smallest absolute Gasteiger partial charge is 0.233 e. The number of furan rings is 1. The SMILES string of the molecule is CCC(Sc1ccccc1)C(=O)NCC(O)c1ccco1. The molecular formula is C16H19NO3S. The van der Waals surface area contributed by atoms with Crippen LogP contribution in [0.3, 0.4) is 0 Å². The third kappa shape index (κ3) is 4.65. The maximum Gasteiger partial charge on any atom is 0.233 e. The number of benzene rings is 1. The number of aliphatic hydroxyl groups excluding tert-OH is 1. The molecule has 1 heterocycles. The predicted molar refractivity (Wildman–Crippen MR) is 83.1 cm³/mol. The molecule has 0 fully saturated rings. The van der Waals surface area contributed by atoms with E-state index < -0.39 is 6.10 Å². The lowest BCUT2D eigenvalue weighted by atomic mass is 10.2. The molecule has 0 spiro atoms. The Balaban J connectivity index is 1.85. The van der Waals surface area contributed by atoms with Gasteiger partial charge in [-0.3, -0.25) is 4.79 Å². The lowest BCUT2D eigenvalue weighted by Crippen LogP contribution is -2.35. The number of carbonyl (C=O) groups is 1. The van der Waals surface area contributed by atoms with Crippen LogP contribution >= 0.6 is 11.8 Å². The van der Waals surface area contributed by atoms with Crippen LogP contribution in [0.25, 0.3) is 0 Å². The number of hydrogen-bond acceptors (Lipinski definition) is 4. The first kappa shape index (κ1) is 15.7. The number of nitrogens with one attached hydrogen (secondary N) is 1. The van der Waals surface area contributed by atoms with Crippen molar-refractivity contribution in [2.45, 2.75) is 29.6 Å². The van der Waals surface area contributed by atoms with Crippen molar-refractivity contribution in [3.05, 3.63) is 54.5 Å². The van der Waals surface area contributed by atoms with Crippen LogP contribution in [0.15, 0.2) is 58.0 Å². The molecule has 0 saturated carbocycles. The van der Waals surface area contributed by atoms with E-state index in [0.717, 1.165) is 11.3 Å². The Morgan fingerprint density at radius 3 is 2.67 bits per heavy atom. The van der Waals surface area contributed by atoms with Crippen molar-refractivity contribution in [1.29, 1.82) is 0 Å². The molecule has 2 atom stereocenters. The molecule has 2 unspecified atom stereocenters. The van der Waals surface area contributed by atoms with Crippen molar-refractivity contribution in [2.24, 2.45) is 0 Å². The Morgan fingerprint density at radius 1 is 1.29 bits per heavy atom. The Hall–Kier alpha value is -1.72. The molecule has 0 saturated heterocycles. The van der Waals surface area contributed by atoms with Gasteiger partial charge >= 0.3 is 0 Å². The maximum atomic E-state index is 12.2. The van der Waals surface area contributed by atoms with Crippen molar-refractivity contribution in [3.8, 4) is 0 Å².